The molecule has 1 aliphatic rings. The maximum Gasteiger partial charge on any atom is 0.253 e. The molecule has 1 amide bonds. The first-order chi connectivity index (χ1) is 8.27. The summed E-state index contributed by atoms with van der Waals surface area (Å²) in [4.78, 5) is 14.3. The minimum atomic E-state index is 0.174. The summed E-state index contributed by atoms with van der Waals surface area (Å²) in [6.07, 6.45) is 6.10. The van der Waals surface area contributed by atoms with E-state index in [2.05, 4.69) is 15.9 Å². The van der Waals surface area contributed by atoms with Gasteiger partial charge in [0.1, 0.15) is 0 Å². The van der Waals surface area contributed by atoms with Crippen LogP contribution in [0.1, 0.15) is 42.5 Å². The number of hydrogen-bond donors (Lipinski definition) is 0. The summed E-state index contributed by atoms with van der Waals surface area (Å²) < 4.78 is 0.968. The lowest BCUT2D eigenvalue weighted by Crippen LogP contribution is -2.33. The van der Waals surface area contributed by atoms with Crippen molar-refractivity contribution in [3.63, 3.8) is 0 Å². The van der Waals surface area contributed by atoms with Gasteiger partial charge in [0.05, 0.1) is 0 Å². The molecule has 0 unspecified atom stereocenters. The van der Waals surface area contributed by atoms with Crippen LogP contribution in [0.15, 0.2) is 28.7 Å². The van der Waals surface area contributed by atoms with Gasteiger partial charge in [0.25, 0.3) is 5.91 Å². The number of carbonyl (C=O) groups excluding carboxylic acids is 1. The Balaban J connectivity index is 2.07. The van der Waals surface area contributed by atoms with Gasteiger partial charge in [0, 0.05) is 23.1 Å². The molecule has 1 aromatic rings. The van der Waals surface area contributed by atoms with Crippen LogP contribution < -0.4 is 0 Å². The van der Waals surface area contributed by atoms with Gasteiger partial charge in [0.15, 0.2) is 0 Å². The number of benzene rings is 1. The maximum absolute atomic E-state index is 12.3. The molecule has 1 aromatic carbocycles. The summed E-state index contributed by atoms with van der Waals surface area (Å²) in [5, 5.41) is 0. The summed E-state index contributed by atoms with van der Waals surface area (Å²) in [5.74, 6) is 0.174. The summed E-state index contributed by atoms with van der Waals surface area (Å²) >= 11 is 3.41. The van der Waals surface area contributed by atoms with E-state index in [1.54, 1.807) is 0 Å². The van der Waals surface area contributed by atoms with Crippen molar-refractivity contribution >= 4 is 21.8 Å². The Morgan fingerprint density at radius 2 is 1.71 bits per heavy atom. The molecule has 0 spiro atoms. The van der Waals surface area contributed by atoms with E-state index in [0.717, 1.165) is 36.0 Å². The van der Waals surface area contributed by atoms with Crippen LogP contribution in [0.3, 0.4) is 0 Å². The van der Waals surface area contributed by atoms with Crippen molar-refractivity contribution in [3.05, 3.63) is 34.3 Å². The normalized spacial score (nSPS) is 17.4. The van der Waals surface area contributed by atoms with Crippen molar-refractivity contribution in [3.8, 4) is 0 Å². The highest BCUT2D eigenvalue weighted by molar-refractivity contribution is 9.10. The molecule has 0 atom stereocenters. The average Bonchev–Trinajstić information content (AvgIpc) is 2.28. The van der Waals surface area contributed by atoms with E-state index in [9.17, 15) is 4.79 Å². The fourth-order valence-electron chi connectivity index (χ4n) is 2.25. The molecule has 0 N–H and O–H groups in total. The molecule has 0 bridgehead atoms. The highest BCUT2D eigenvalue weighted by Crippen LogP contribution is 2.16. The fraction of sp³-hybridized carbons (Fsp3) is 0.500. The minimum Gasteiger partial charge on any atom is -0.339 e. The van der Waals surface area contributed by atoms with E-state index in [4.69, 9.17) is 0 Å². The fourth-order valence-corrected chi connectivity index (χ4v) is 2.65. The molecule has 0 aliphatic carbocycles. The van der Waals surface area contributed by atoms with E-state index < -0.39 is 0 Å². The second-order valence-electron chi connectivity index (χ2n) is 4.57. The standard InChI is InChI=1S/C14H18BrNO/c15-13-8-6-7-12(11-13)14(17)16-9-4-2-1-3-5-10-16/h6-8,11H,1-5,9-10H2. The molecule has 1 aliphatic heterocycles. The molecule has 92 valence electrons. The number of hydrogen-bond acceptors (Lipinski definition) is 1. The molecule has 1 heterocycles. The maximum atomic E-state index is 12.3. The first-order valence-corrected chi connectivity index (χ1v) is 7.11. The zero-order valence-electron chi connectivity index (χ0n) is 9.99. The zero-order valence-corrected chi connectivity index (χ0v) is 11.6. The number of amides is 1. The topological polar surface area (TPSA) is 20.3 Å². The van der Waals surface area contributed by atoms with Gasteiger partial charge in [-0.25, -0.2) is 0 Å². The first kappa shape index (κ1) is 12.6. The minimum absolute atomic E-state index is 0.174. The van der Waals surface area contributed by atoms with E-state index in [1.165, 1.54) is 19.3 Å². The Kier molecular flexibility index (Phi) is 4.60. The van der Waals surface area contributed by atoms with Crippen molar-refractivity contribution in [1.82, 2.24) is 4.90 Å². The van der Waals surface area contributed by atoms with Crippen molar-refractivity contribution < 1.29 is 4.79 Å². The number of carbonyl (C=O) groups is 1. The zero-order chi connectivity index (χ0) is 12.1. The molecule has 17 heavy (non-hydrogen) atoms. The van der Waals surface area contributed by atoms with Gasteiger partial charge in [-0.1, -0.05) is 41.3 Å². The van der Waals surface area contributed by atoms with Crippen molar-refractivity contribution in [2.45, 2.75) is 32.1 Å². The molecule has 1 fully saturated rings. The van der Waals surface area contributed by atoms with Crippen LogP contribution in [0.2, 0.25) is 0 Å². The predicted molar refractivity (Wildman–Crippen MR) is 73.1 cm³/mol. The van der Waals surface area contributed by atoms with Gasteiger partial charge >= 0.3 is 0 Å². The quantitative estimate of drug-likeness (QED) is 0.770. The van der Waals surface area contributed by atoms with Crippen LogP contribution in [-0.2, 0) is 0 Å². The molecule has 1 saturated heterocycles. The van der Waals surface area contributed by atoms with Gasteiger partial charge < -0.3 is 4.90 Å². The second-order valence-corrected chi connectivity index (χ2v) is 5.49. The Bertz CT molecular complexity index is 384. The van der Waals surface area contributed by atoms with E-state index in [1.807, 2.05) is 29.2 Å². The van der Waals surface area contributed by atoms with Crippen LogP contribution in [0.25, 0.3) is 0 Å². The largest absolute Gasteiger partial charge is 0.339 e. The number of halogens is 1. The number of nitrogens with zero attached hydrogens (tertiary/aromatic N) is 1. The van der Waals surface area contributed by atoms with Gasteiger partial charge in [-0.05, 0) is 31.0 Å². The molecule has 0 saturated carbocycles. The first-order valence-electron chi connectivity index (χ1n) is 6.32. The Hall–Kier alpha value is -0.830. The third kappa shape index (κ3) is 3.56. The van der Waals surface area contributed by atoms with Gasteiger partial charge in [-0.15, -0.1) is 0 Å². The summed E-state index contributed by atoms with van der Waals surface area (Å²) in [6, 6.07) is 7.67. The van der Waals surface area contributed by atoms with E-state index >= 15 is 0 Å². The third-order valence-corrected chi connectivity index (χ3v) is 3.71. The predicted octanol–water partition coefficient (Wildman–Crippen LogP) is 3.86. The average molecular weight is 296 g/mol. The van der Waals surface area contributed by atoms with Gasteiger partial charge in [0.2, 0.25) is 0 Å². The van der Waals surface area contributed by atoms with Crippen molar-refractivity contribution in [2.75, 3.05) is 13.1 Å². The molecule has 2 nitrogen and oxygen atoms in total. The molecule has 0 aromatic heterocycles. The lowest BCUT2D eigenvalue weighted by Gasteiger charge is -2.24. The third-order valence-electron chi connectivity index (χ3n) is 3.21. The van der Waals surface area contributed by atoms with E-state index in [-0.39, 0.29) is 5.91 Å². The summed E-state index contributed by atoms with van der Waals surface area (Å²) in [6.45, 7) is 1.82. The monoisotopic (exact) mass is 295 g/mol. The number of likely N-dealkylation sites (tertiary alicyclic amines) is 1. The SMILES string of the molecule is O=C(c1cccc(Br)c1)N1CCCCCCC1. The van der Waals surface area contributed by atoms with Gasteiger partial charge in [-0.3, -0.25) is 4.79 Å². The summed E-state index contributed by atoms with van der Waals surface area (Å²) in [5.41, 5.74) is 0.792. The Morgan fingerprint density at radius 1 is 1.06 bits per heavy atom. The highest BCUT2D eigenvalue weighted by atomic mass is 79.9. The van der Waals surface area contributed by atoms with Crippen molar-refractivity contribution in [1.29, 1.82) is 0 Å². The van der Waals surface area contributed by atoms with E-state index in [0.29, 0.717) is 0 Å². The molecule has 3 heteroatoms. The van der Waals surface area contributed by atoms with Crippen LogP contribution >= 0.6 is 15.9 Å². The summed E-state index contributed by atoms with van der Waals surface area (Å²) in [7, 11) is 0. The van der Waals surface area contributed by atoms with Crippen LogP contribution in [-0.4, -0.2) is 23.9 Å². The second kappa shape index (κ2) is 6.20. The van der Waals surface area contributed by atoms with Crippen LogP contribution in [0.4, 0.5) is 0 Å². The van der Waals surface area contributed by atoms with Crippen LogP contribution in [0, 0.1) is 0 Å². The molecular weight excluding hydrogens is 278 g/mol. The lowest BCUT2D eigenvalue weighted by molar-refractivity contribution is 0.0742. The Morgan fingerprint density at radius 3 is 2.35 bits per heavy atom. The van der Waals surface area contributed by atoms with Gasteiger partial charge in [-0.2, -0.15) is 0 Å². The molecular formula is C14H18BrNO. The van der Waals surface area contributed by atoms with Crippen molar-refractivity contribution in [2.24, 2.45) is 0 Å². The molecule has 0 radical (unpaired) electrons. The van der Waals surface area contributed by atoms with Crippen LogP contribution in [0.5, 0.6) is 0 Å². The smallest absolute Gasteiger partial charge is 0.253 e. The number of rotatable bonds is 1. The molecule has 2 rings (SSSR count). The lowest BCUT2D eigenvalue weighted by atomic mass is 10.1. The highest BCUT2D eigenvalue weighted by Gasteiger charge is 2.16. The Labute approximate surface area is 111 Å².